The lowest BCUT2D eigenvalue weighted by atomic mass is 9.90. The van der Waals surface area contributed by atoms with Crippen LogP contribution in [-0.4, -0.2) is 22.4 Å². The van der Waals surface area contributed by atoms with E-state index in [4.69, 9.17) is 23.2 Å². The molecule has 0 saturated heterocycles. The van der Waals surface area contributed by atoms with Crippen molar-refractivity contribution in [3.63, 3.8) is 0 Å². The molecule has 0 N–H and O–H groups in total. The van der Waals surface area contributed by atoms with Gasteiger partial charge in [0.1, 0.15) is 0 Å². The zero-order valence-electron chi connectivity index (χ0n) is 12.9. The van der Waals surface area contributed by atoms with Gasteiger partial charge in [-0.25, -0.2) is 0 Å². The molecule has 0 aromatic heterocycles. The van der Waals surface area contributed by atoms with Crippen LogP contribution in [0.5, 0.6) is 0 Å². The van der Waals surface area contributed by atoms with Crippen molar-refractivity contribution < 1.29 is 9.59 Å². The van der Waals surface area contributed by atoms with E-state index in [1.807, 2.05) is 6.92 Å². The Hall–Kier alpha value is -0.420. The maximum atomic E-state index is 12.9. The Kier molecular flexibility index (Phi) is 5.17. The van der Waals surface area contributed by atoms with Crippen molar-refractivity contribution in [1.82, 2.24) is 0 Å². The number of ketones is 2. The highest BCUT2D eigenvalue weighted by molar-refractivity contribution is 8.17. The molecule has 1 aliphatic carbocycles. The first kappa shape index (κ1) is 17.4. The van der Waals surface area contributed by atoms with Crippen molar-refractivity contribution in [2.75, 3.05) is 6.26 Å². The number of carbonyl (C=O) groups is 2. The Bertz CT molecular complexity index is 741. The van der Waals surface area contributed by atoms with E-state index in [1.54, 1.807) is 29.6 Å². The van der Waals surface area contributed by atoms with Gasteiger partial charge in [-0.2, -0.15) is 11.8 Å². The number of fused-ring (bicyclic) bond motifs is 1. The predicted molar refractivity (Wildman–Crippen MR) is 99.1 cm³/mol. The van der Waals surface area contributed by atoms with Crippen molar-refractivity contribution in [3.8, 4) is 0 Å². The highest BCUT2D eigenvalue weighted by Gasteiger charge is 2.32. The van der Waals surface area contributed by atoms with E-state index in [2.05, 4.69) is 6.26 Å². The standard InChI is InChI=1S/C17H16Cl2O2S2/c1-8-6-9(15(19)10-7-13(22-2)23-17(8)10)16(21)14-11(18)4-3-5-12(14)20/h6,13H,3-5,7H2,1-2H3. The maximum Gasteiger partial charge on any atom is 0.199 e. The van der Waals surface area contributed by atoms with Crippen molar-refractivity contribution in [1.29, 1.82) is 0 Å². The van der Waals surface area contributed by atoms with Crippen molar-refractivity contribution >= 4 is 58.3 Å². The third-order valence-electron chi connectivity index (χ3n) is 4.20. The SMILES string of the molecule is CSC1Cc2c(Cl)c(C(=O)C3=C(Cl)CCCC3=O)cc(C)c2S1. The molecule has 122 valence electrons. The molecule has 1 atom stereocenters. The second kappa shape index (κ2) is 6.83. The Morgan fingerprint density at radius 3 is 2.74 bits per heavy atom. The monoisotopic (exact) mass is 386 g/mol. The van der Waals surface area contributed by atoms with Gasteiger partial charge in [0.15, 0.2) is 11.6 Å². The summed E-state index contributed by atoms with van der Waals surface area (Å²) in [5.41, 5.74) is 2.61. The third kappa shape index (κ3) is 3.11. The topological polar surface area (TPSA) is 34.1 Å². The van der Waals surface area contributed by atoms with Gasteiger partial charge in [0, 0.05) is 21.9 Å². The molecule has 1 unspecified atom stereocenters. The lowest BCUT2D eigenvalue weighted by molar-refractivity contribution is -0.115. The average Bonchev–Trinajstić information content (AvgIpc) is 2.96. The van der Waals surface area contributed by atoms with Gasteiger partial charge in [-0.05, 0) is 49.6 Å². The minimum Gasteiger partial charge on any atom is -0.294 e. The summed E-state index contributed by atoms with van der Waals surface area (Å²) >= 11 is 16.3. The van der Waals surface area contributed by atoms with E-state index in [0.717, 1.165) is 17.5 Å². The number of hydrogen-bond donors (Lipinski definition) is 0. The van der Waals surface area contributed by atoms with E-state index < -0.39 is 0 Å². The molecule has 0 fully saturated rings. The van der Waals surface area contributed by atoms with E-state index in [-0.39, 0.29) is 17.1 Å². The van der Waals surface area contributed by atoms with Crippen LogP contribution in [0.2, 0.25) is 5.02 Å². The number of Topliss-reactive ketones (excluding diaryl/α,β-unsaturated/α-hetero) is 2. The van der Waals surface area contributed by atoms with Crippen LogP contribution in [0.1, 0.15) is 40.7 Å². The molecule has 6 heteroatoms. The molecule has 0 bridgehead atoms. The summed E-state index contributed by atoms with van der Waals surface area (Å²) in [6, 6.07) is 1.80. The number of aryl methyl sites for hydroxylation is 1. The van der Waals surface area contributed by atoms with Crippen LogP contribution in [0.25, 0.3) is 0 Å². The summed E-state index contributed by atoms with van der Waals surface area (Å²) in [6.07, 6.45) is 4.58. The van der Waals surface area contributed by atoms with Crippen LogP contribution in [0.4, 0.5) is 0 Å². The van der Waals surface area contributed by atoms with E-state index in [0.29, 0.717) is 39.5 Å². The third-order valence-corrected chi connectivity index (χ3v) is 7.80. The molecule has 2 nitrogen and oxygen atoms in total. The fourth-order valence-electron chi connectivity index (χ4n) is 3.02. The molecule has 23 heavy (non-hydrogen) atoms. The molecule has 0 amide bonds. The molecule has 1 heterocycles. The van der Waals surface area contributed by atoms with Gasteiger partial charge >= 0.3 is 0 Å². The largest absolute Gasteiger partial charge is 0.294 e. The molecular weight excluding hydrogens is 371 g/mol. The van der Waals surface area contributed by atoms with Gasteiger partial charge in [-0.3, -0.25) is 9.59 Å². The second-order valence-corrected chi connectivity index (χ2v) is 9.12. The maximum absolute atomic E-state index is 12.9. The molecule has 1 aromatic carbocycles. The van der Waals surface area contributed by atoms with Crippen LogP contribution in [-0.2, 0) is 11.2 Å². The Balaban J connectivity index is 2.07. The smallest absolute Gasteiger partial charge is 0.199 e. The zero-order valence-corrected chi connectivity index (χ0v) is 16.0. The number of rotatable bonds is 3. The predicted octanol–water partition coefficient (Wildman–Crippen LogP) is 5.41. The van der Waals surface area contributed by atoms with Gasteiger partial charge < -0.3 is 0 Å². The Morgan fingerprint density at radius 2 is 2.09 bits per heavy atom. The van der Waals surface area contributed by atoms with Gasteiger partial charge in [0.2, 0.25) is 0 Å². The molecule has 2 aliphatic rings. The van der Waals surface area contributed by atoms with Gasteiger partial charge in [-0.1, -0.05) is 23.2 Å². The quantitative estimate of drug-likeness (QED) is 0.513. The van der Waals surface area contributed by atoms with Crippen molar-refractivity contribution in [3.05, 3.63) is 38.4 Å². The zero-order chi connectivity index (χ0) is 16.7. The van der Waals surface area contributed by atoms with Crippen LogP contribution in [0, 0.1) is 6.92 Å². The molecule has 0 spiro atoms. The highest BCUT2D eigenvalue weighted by Crippen LogP contribution is 2.47. The summed E-state index contributed by atoms with van der Waals surface area (Å²) in [5.74, 6) is -0.495. The number of thioether (sulfide) groups is 2. The lowest BCUT2D eigenvalue weighted by Gasteiger charge is -2.16. The fourth-order valence-corrected chi connectivity index (χ4v) is 5.80. The van der Waals surface area contributed by atoms with Crippen LogP contribution in [0.3, 0.4) is 0 Å². The van der Waals surface area contributed by atoms with Crippen LogP contribution < -0.4 is 0 Å². The first-order valence-electron chi connectivity index (χ1n) is 7.42. The number of halogens is 2. The molecular formula is C17H16Cl2O2S2. The van der Waals surface area contributed by atoms with Gasteiger partial charge in [0.25, 0.3) is 0 Å². The molecule has 3 rings (SSSR count). The minimum absolute atomic E-state index is 0.131. The minimum atomic E-state index is -0.326. The summed E-state index contributed by atoms with van der Waals surface area (Å²) in [7, 11) is 0. The van der Waals surface area contributed by atoms with Crippen LogP contribution in [0.15, 0.2) is 21.6 Å². The van der Waals surface area contributed by atoms with Crippen molar-refractivity contribution in [2.24, 2.45) is 0 Å². The highest BCUT2D eigenvalue weighted by atomic mass is 35.5. The van der Waals surface area contributed by atoms with E-state index in [9.17, 15) is 9.59 Å². The Labute approximate surface area is 154 Å². The van der Waals surface area contributed by atoms with Crippen LogP contribution >= 0.6 is 46.7 Å². The number of benzene rings is 1. The summed E-state index contributed by atoms with van der Waals surface area (Å²) in [6.45, 7) is 1.99. The van der Waals surface area contributed by atoms with Crippen molar-refractivity contribution in [2.45, 2.75) is 42.1 Å². The number of hydrogen-bond acceptors (Lipinski definition) is 4. The number of carbonyl (C=O) groups excluding carboxylic acids is 2. The van der Waals surface area contributed by atoms with E-state index >= 15 is 0 Å². The first-order chi connectivity index (χ1) is 10.9. The summed E-state index contributed by atoms with van der Waals surface area (Å²) < 4.78 is 0.422. The second-order valence-electron chi connectivity index (χ2n) is 5.74. The number of allylic oxidation sites excluding steroid dienone is 2. The fraction of sp³-hybridized carbons (Fsp3) is 0.412. The summed E-state index contributed by atoms with van der Waals surface area (Å²) in [5, 5.41) is 0.854. The molecule has 1 aliphatic heterocycles. The average molecular weight is 387 g/mol. The van der Waals surface area contributed by atoms with E-state index in [1.165, 1.54) is 4.90 Å². The van der Waals surface area contributed by atoms with Gasteiger partial charge in [0.05, 0.1) is 15.2 Å². The summed E-state index contributed by atoms with van der Waals surface area (Å²) in [4.78, 5) is 26.2. The normalized spacial score (nSPS) is 20.9. The molecule has 1 aromatic rings. The lowest BCUT2D eigenvalue weighted by Crippen LogP contribution is -2.19. The van der Waals surface area contributed by atoms with Gasteiger partial charge in [-0.15, -0.1) is 11.8 Å². The molecule has 0 radical (unpaired) electrons. The molecule has 0 saturated carbocycles. The Morgan fingerprint density at radius 1 is 1.35 bits per heavy atom. The first-order valence-corrected chi connectivity index (χ1v) is 10.3.